The van der Waals surface area contributed by atoms with Gasteiger partial charge in [-0.3, -0.25) is 9.59 Å². The third kappa shape index (κ3) is 5.25. The Morgan fingerprint density at radius 2 is 2.00 bits per heavy atom. The maximum absolute atomic E-state index is 12.4. The van der Waals surface area contributed by atoms with E-state index >= 15 is 0 Å². The van der Waals surface area contributed by atoms with Crippen LogP contribution in [0.1, 0.15) is 10.7 Å². The number of nitrogens with zero attached hydrogens (tertiary/aromatic N) is 3. The van der Waals surface area contributed by atoms with Gasteiger partial charge in [0.1, 0.15) is 10.8 Å². The van der Waals surface area contributed by atoms with Crippen LogP contribution in [0.4, 0.5) is 5.69 Å². The summed E-state index contributed by atoms with van der Waals surface area (Å²) in [6.07, 6.45) is 0. The van der Waals surface area contributed by atoms with Crippen LogP contribution in [0.25, 0.3) is 4.96 Å². The van der Waals surface area contributed by atoms with E-state index in [9.17, 15) is 9.59 Å². The average molecular weight is 473 g/mol. The summed E-state index contributed by atoms with van der Waals surface area (Å²) in [6, 6.07) is 15.9. The van der Waals surface area contributed by atoms with Crippen molar-refractivity contribution in [2.24, 2.45) is 0 Å². The first-order valence-electron chi connectivity index (χ1n) is 9.25. The summed E-state index contributed by atoms with van der Waals surface area (Å²) in [7, 11) is 0. The van der Waals surface area contributed by atoms with Gasteiger partial charge in [-0.05, 0) is 31.2 Å². The number of carbonyl (C=O) groups is 1. The molecule has 0 aliphatic heterocycles. The summed E-state index contributed by atoms with van der Waals surface area (Å²) in [4.78, 5) is 30.5. The van der Waals surface area contributed by atoms with E-state index in [-0.39, 0.29) is 18.1 Å². The summed E-state index contributed by atoms with van der Waals surface area (Å²) in [6.45, 7) is 1.67. The molecule has 4 aromatic rings. The van der Waals surface area contributed by atoms with Gasteiger partial charge in [-0.2, -0.15) is 9.61 Å². The SMILES string of the molecule is Cc1nn2c(=O)cc(CSc3ccccc3NC(=O)COc3ccccc3Cl)nc2s1. The van der Waals surface area contributed by atoms with Crippen molar-refractivity contribution in [1.29, 1.82) is 0 Å². The molecule has 1 N–H and O–H groups in total. The molecule has 7 nitrogen and oxygen atoms in total. The van der Waals surface area contributed by atoms with Crippen LogP contribution in [0.2, 0.25) is 5.02 Å². The fourth-order valence-electron chi connectivity index (χ4n) is 2.76. The van der Waals surface area contributed by atoms with Crippen molar-refractivity contribution in [2.45, 2.75) is 17.6 Å². The Hall–Kier alpha value is -2.88. The zero-order valence-corrected chi connectivity index (χ0v) is 18.8. The van der Waals surface area contributed by atoms with Gasteiger partial charge in [-0.25, -0.2) is 4.98 Å². The fraction of sp³-hybridized carbons (Fsp3) is 0.143. The third-order valence-electron chi connectivity index (χ3n) is 4.13. The van der Waals surface area contributed by atoms with E-state index in [0.717, 1.165) is 9.90 Å². The molecule has 2 heterocycles. The first-order chi connectivity index (χ1) is 15.0. The van der Waals surface area contributed by atoms with Gasteiger partial charge in [0, 0.05) is 16.7 Å². The highest BCUT2D eigenvalue weighted by Crippen LogP contribution is 2.29. The maximum atomic E-state index is 12.4. The van der Waals surface area contributed by atoms with Crippen molar-refractivity contribution < 1.29 is 9.53 Å². The molecule has 1 amide bonds. The van der Waals surface area contributed by atoms with Gasteiger partial charge >= 0.3 is 0 Å². The van der Waals surface area contributed by atoms with Crippen molar-refractivity contribution in [2.75, 3.05) is 11.9 Å². The lowest BCUT2D eigenvalue weighted by molar-refractivity contribution is -0.118. The second kappa shape index (κ2) is 9.51. The van der Waals surface area contributed by atoms with E-state index in [1.807, 2.05) is 31.2 Å². The van der Waals surface area contributed by atoms with Crippen LogP contribution in [-0.4, -0.2) is 27.1 Å². The lowest BCUT2D eigenvalue weighted by Gasteiger charge is -2.12. The van der Waals surface area contributed by atoms with Crippen LogP contribution >= 0.6 is 34.7 Å². The number of thioether (sulfide) groups is 1. The van der Waals surface area contributed by atoms with Gasteiger partial charge < -0.3 is 10.1 Å². The molecule has 0 bridgehead atoms. The highest BCUT2D eigenvalue weighted by Gasteiger charge is 2.11. The van der Waals surface area contributed by atoms with Crippen LogP contribution in [0.3, 0.4) is 0 Å². The molecule has 0 aliphatic carbocycles. The average Bonchev–Trinajstić information content (AvgIpc) is 3.13. The first-order valence-corrected chi connectivity index (χ1v) is 11.4. The van der Waals surface area contributed by atoms with Gasteiger partial charge in [0.25, 0.3) is 11.5 Å². The minimum atomic E-state index is -0.300. The highest BCUT2D eigenvalue weighted by atomic mass is 35.5. The summed E-state index contributed by atoms with van der Waals surface area (Å²) in [5.74, 6) is 0.630. The minimum absolute atomic E-state index is 0.164. The normalized spacial score (nSPS) is 10.9. The summed E-state index contributed by atoms with van der Waals surface area (Å²) in [5, 5.41) is 8.23. The minimum Gasteiger partial charge on any atom is -0.482 e. The van der Waals surface area contributed by atoms with E-state index in [2.05, 4.69) is 15.4 Å². The van der Waals surface area contributed by atoms with Crippen molar-refractivity contribution >= 4 is 51.3 Å². The van der Waals surface area contributed by atoms with Gasteiger partial charge in [-0.1, -0.05) is 47.2 Å². The molecule has 10 heteroatoms. The molecule has 158 valence electrons. The number of hydrogen-bond donors (Lipinski definition) is 1. The molecular formula is C21H17ClN4O3S2. The molecule has 0 aliphatic rings. The number of rotatable bonds is 7. The predicted octanol–water partition coefficient (Wildman–Crippen LogP) is 4.42. The number of fused-ring (bicyclic) bond motifs is 1. The van der Waals surface area contributed by atoms with E-state index in [1.54, 1.807) is 24.3 Å². The number of aromatic nitrogens is 3. The molecule has 0 atom stereocenters. The van der Waals surface area contributed by atoms with Crippen LogP contribution < -0.4 is 15.6 Å². The standard InChI is InChI=1S/C21H17ClN4O3S2/c1-13-25-26-20(28)10-14(23-21(26)31-13)12-30-18-9-5-3-7-16(18)24-19(27)11-29-17-8-4-2-6-15(17)22/h2-10H,11-12H2,1H3,(H,24,27). The molecule has 0 fully saturated rings. The van der Waals surface area contributed by atoms with Crippen molar-refractivity contribution in [1.82, 2.24) is 14.6 Å². The number of amides is 1. The first kappa shape index (κ1) is 21.4. The van der Waals surface area contributed by atoms with E-state index in [0.29, 0.717) is 32.9 Å². The molecule has 2 aromatic heterocycles. The molecule has 0 saturated heterocycles. The summed E-state index contributed by atoms with van der Waals surface area (Å²) >= 11 is 8.90. The van der Waals surface area contributed by atoms with Gasteiger partial charge in [0.15, 0.2) is 6.61 Å². The number of halogens is 1. The van der Waals surface area contributed by atoms with Crippen LogP contribution in [0.5, 0.6) is 5.75 Å². The van der Waals surface area contributed by atoms with E-state index in [4.69, 9.17) is 16.3 Å². The lowest BCUT2D eigenvalue weighted by atomic mass is 10.3. The molecule has 2 aromatic carbocycles. The maximum Gasteiger partial charge on any atom is 0.275 e. The van der Waals surface area contributed by atoms with Crippen LogP contribution in [0, 0.1) is 6.92 Å². The molecular weight excluding hydrogens is 456 g/mol. The quantitative estimate of drug-likeness (QED) is 0.401. The van der Waals surface area contributed by atoms with Gasteiger partial charge in [0.05, 0.1) is 16.4 Å². The Morgan fingerprint density at radius 1 is 1.23 bits per heavy atom. The molecule has 4 rings (SSSR count). The molecule has 0 radical (unpaired) electrons. The monoisotopic (exact) mass is 472 g/mol. The Bertz CT molecular complexity index is 1310. The van der Waals surface area contributed by atoms with Crippen molar-refractivity contribution in [3.05, 3.63) is 80.7 Å². The van der Waals surface area contributed by atoms with Crippen molar-refractivity contribution in [3.63, 3.8) is 0 Å². The Balaban J connectivity index is 1.42. The number of nitrogens with one attached hydrogen (secondary N) is 1. The number of hydrogen-bond acceptors (Lipinski definition) is 7. The van der Waals surface area contributed by atoms with Crippen molar-refractivity contribution in [3.8, 4) is 5.75 Å². The largest absolute Gasteiger partial charge is 0.482 e. The Labute approximate surface area is 191 Å². The Morgan fingerprint density at radius 3 is 2.84 bits per heavy atom. The van der Waals surface area contributed by atoms with Gasteiger partial charge in [0.2, 0.25) is 4.96 Å². The highest BCUT2D eigenvalue weighted by molar-refractivity contribution is 7.98. The lowest BCUT2D eigenvalue weighted by Crippen LogP contribution is -2.20. The molecule has 0 unspecified atom stereocenters. The number of ether oxygens (including phenoxy) is 1. The van der Waals surface area contributed by atoms with Gasteiger partial charge in [-0.15, -0.1) is 11.8 Å². The van der Waals surface area contributed by atoms with E-state index < -0.39 is 0 Å². The van der Waals surface area contributed by atoms with Crippen LogP contribution in [0.15, 0.2) is 64.3 Å². The molecule has 0 saturated carbocycles. The zero-order valence-electron chi connectivity index (χ0n) is 16.4. The molecule has 0 spiro atoms. The topological polar surface area (TPSA) is 85.6 Å². The zero-order chi connectivity index (χ0) is 21.8. The van der Waals surface area contributed by atoms with Crippen LogP contribution in [-0.2, 0) is 10.5 Å². The number of para-hydroxylation sites is 2. The molecule has 31 heavy (non-hydrogen) atoms. The smallest absolute Gasteiger partial charge is 0.275 e. The second-order valence-corrected chi connectivity index (χ2v) is 9.04. The summed E-state index contributed by atoms with van der Waals surface area (Å²) < 4.78 is 6.80. The Kier molecular flexibility index (Phi) is 6.55. The number of benzene rings is 2. The van der Waals surface area contributed by atoms with E-state index in [1.165, 1.54) is 33.7 Å². The second-order valence-electron chi connectivity index (χ2n) is 6.45. The fourth-order valence-corrected chi connectivity index (χ4v) is 4.62. The number of carbonyl (C=O) groups excluding carboxylic acids is 1. The number of anilines is 1. The summed E-state index contributed by atoms with van der Waals surface area (Å²) in [5.41, 5.74) is 1.11. The third-order valence-corrected chi connectivity index (χ3v) is 6.37. The number of aryl methyl sites for hydroxylation is 1. The predicted molar refractivity (Wildman–Crippen MR) is 123 cm³/mol.